The molecular weight excluding hydrogens is 266 g/mol. The summed E-state index contributed by atoms with van der Waals surface area (Å²) in [7, 11) is 0. The van der Waals surface area contributed by atoms with Crippen molar-refractivity contribution in [2.24, 2.45) is 0 Å². The highest BCUT2D eigenvalue weighted by molar-refractivity contribution is 6.03. The van der Waals surface area contributed by atoms with Crippen molar-refractivity contribution in [3.8, 4) is 0 Å². The highest BCUT2D eigenvalue weighted by Crippen LogP contribution is 2.21. The number of hydrogen-bond acceptors (Lipinski definition) is 4. The maximum Gasteiger partial charge on any atom is 0.336 e. The maximum atomic E-state index is 11.2. The van der Waals surface area contributed by atoms with E-state index in [1.807, 2.05) is 24.3 Å². The van der Waals surface area contributed by atoms with Gasteiger partial charge in [0.1, 0.15) is 12.1 Å². The van der Waals surface area contributed by atoms with E-state index in [9.17, 15) is 9.90 Å². The van der Waals surface area contributed by atoms with E-state index in [0.717, 1.165) is 22.0 Å². The molecule has 0 bridgehead atoms. The maximum absolute atomic E-state index is 11.2. The van der Waals surface area contributed by atoms with Crippen molar-refractivity contribution in [1.82, 2.24) is 9.97 Å². The normalized spacial score (nSPS) is 10.7. The molecule has 21 heavy (non-hydrogen) atoms. The second kappa shape index (κ2) is 5.20. The molecule has 0 aliphatic rings. The third-order valence-electron chi connectivity index (χ3n) is 3.31. The first-order chi connectivity index (χ1) is 10.1. The van der Waals surface area contributed by atoms with Crippen molar-refractivity contribution < 1.29 is 9.90 Å². The molecule has 0 amide bonds. The minimum absolute atomic E-state index is 0.310. The summed E-state index contributed by atoms with van der Waals surface area (Å²) in [5.74, 6) is -0.481. The van der Waals surface area contributed by atoms with Crippen LogP contribution in [0.2, 0.25) is 0 Å². The molecule has 0 saturated heterocycles. The van der Waals surface area contributed by atoms with E-state index in [2.05, 4.69) is 9.97 Å². The van der Waals surface area contributed by atoms with E-state index in [-0.39, 0.29) is 0 Å². The van der Waals surface area contributed by atoms with Crippen LogP contribution >= 0.6 is 0 Å². The first-order valence-electron chi connectivity index (χ1n) is 6.45. The lowest BCUT2D eigenvalue weighted by molar-refractivity contribution is 0.0699. The van der Waals surface area contributed by atoms with Crippen LogP contribution in [-0.2, 0) is 6.42 Å². The third-order valence-corrected chi connectivity index (χ3v) is 3.31. The van der Waals surface area contributed by atoms with Gasteiger partial charge in [-0.1, -0.05) is 30.3 Å². The number of carboxylic acids is 1. The summed E-state index contributed by atoms with van der Waals surface area (Å²) in [6, 6.07) is 12.7. The molecule has 3 rings (SSSR count). The Morgan fingerprint density at radius 1 is 1.14 bits per heavy atom. The van der Waals surface area contributed by atoms with Gasteiger partial charge in [-0.25, -0.2) is 14.8 Å². The first kappa shape index (κ1) is 13.1. The molecule has 0 fully saturated rings. The van der Waals surface area contributed by atoms with Crippen LogP contribution < -0.4 is 5.73 Å². The Balaban J connectivity index is 2.00. The third kappa shape index (κ3) is 2.67. The van der Waals surface area contributed by atoms with Gasteiger partial charge < -0.3 is 10.8 Å². The first-order valence-corrected chi connectivity index (χ1v) is 6.45. The zero-order valence-corrected chi connectivity index (χ0v) is 11.2. The molecule has 1 heterocycles. The van der Waals surface area contributed by atoms with Gasteiger partial charge in [0.15, 0.2) is 0 Å². The molecule has 3 aromatic rings. The number of hydrogen-bond donors (Lipinski definition) is 2. The van der Waals surface area contributed by atoms with Gasteiger partial charge in [-0.2, -0.15) is 0 Å². The number of nitrogens with two attached hydrogens (primary N) is 1. The Kier molecular flexibility index (Phi) is 3.23. The van der Waals surface area contributed by atoms with E-state index in [1.165, 1.54) is 6.33 Å². The van der Waals surface area contributed by atoms with Crippen LogP contribution in [0.1, 0.15) is 21.6 Å². The quantitative estimate of drug-likeness (QED) is 0.769. The lowest BCUT2D eigenvalue weighted by Gasteiger charge is -2.06. The largest absolute Gasteiger partial charge is 0.478 e. The van der Waals surface area contributed by atoms with Gasteiger partial charge in [-0.3, -0.25) is 0 Å². The molecule has 3 N–H and O–H groups in total. The van der Waals surface area contributed by atoms with E-state index in [0.29, 0.717) is 17.8 Å². The predicted octanol–water partition coefficient (Wildman–Crippen LogP) is 2.50. The van der Waals surface area contributed by atoms with E-state index >= 15 is 0 Å². The average Bonchev–Trinajstić information content (AvgIpc) is 2.46. The summed E-state index contributed by atoms with van der Waals surface area (Å²) in [5, 5.41) is 10.8. The molecule has 5 nitrogen and oxygen atoms in total. The number of fused-ring (bicyclic) bond motifs is 1. The smallest absolute Gasteiger partial charge is 0.336 e. The number of carboxylic acid groups (broad SMARTS) is 1. The lowest BCUT2D eigenvalue weighted by Crippen LogP contribution is -1.99. The number of rotatable bonds is 3. The number of nitrogen functional groups attached to an aromatic ring is 1. The fourth-order valence-corrected chi connectivity index (χ4v) is 2.35. The SMILES string of the molecule is Nc1cc(Cc2ccc3c(C(=O)O)cccc3c2)ncn1. The number of carbonyl (C=O) groups is 1. The monoisotopic (exact) mass is 279 g/mol. The number of aromatic nitrogens is 2. The topological polar surface area (TPSA) is 89.1 Å². The standard InChI is InChI=1S/C16H13N3O2/c17-15-8-12(18-9-19-15)7-10-4-5-13-11(6-10)2-1-3-14(13)16(20)21/h1-6,8-9H,7H2,(H,20,21)(H2,17,18,19). The molecule has 0 aliphatic carbocycles. The van der Waals surface area contributed by atoms with E-state index in [1.54, 1.807) is 18.2 Å². The second-order valence-corrected chi connectivity index (χ2v) is 4.78. The minimum Gasteiger partial charge on any atom is -0.478 e. The molecule has 0 spiro atoms. The van der Waals surface area contributed by atoms with Gasteiger partial charge in [0.2, 0.25) is 0 Å². The predicted molar refractivity (Wildman–Crippen MR) is 80.2 cm³/mol. The van der Waals surface area contributed by atoms with Crippen LogP contribution in [0.3, 0.4) is 0 Å². The molecule has 0 saturated carbocycles. The summed E-state index contributed by atoms with van der Waals surface area (Å²) in [6.45, 7) is 0. The minimum atomic E-state index is -0.920. The van der Waals surface area contributed by atoms with Crippen molar-refractivity contribution in [3.05, 3.63) is 65.6 Å². The average molecular weight is 279 g/mol. The molecule has 1 aromatic heterocycles. The number of benzene rings is 2. The molecule has 0 unspecified atom stereocenters. The van der Waals surface area contributed by atoms with Crippen molar-refractivity contribution in [2.75, 3.05) is 5.73 Å². The summed E-state index contributed by atoms with van der Waals surface area (Å²) in [4.78, 5) is 19.2. The molecule has 0 radical (unpaired) electrons. The van der Waals surface area contributed by atoms with Crippen molar-refractivity contribution in [2.45, 2.75) is 6.42 Å². The summed E-state index contributed by atoms with van der Waals surface area (Å²) in [5.41, 5.74) is 7.82. The van der Waals surface area contributed by atoms with Gasteiger partial charge in [0.25, 0.3) is 0 Å². The number of aromatic carboxylic acids is 1. The second-order valence-electron chi connectivity index (χ2n) is 4.78. The van der Waals surface area contributed by atoms with Crippen molar-refractivity contribution >= 4 is 22.6 Å². The Bertz CT molecular complexity index is 831. The van der Waals surface area contributed by atoms with Crippen LogP contribution in [0, 0.1) is 0 Å². The Morgan fingerprint density at radius 3 is 2.76 bits per heavy atom. The fourth-order valence-electron chi connectivity index (χ4n) is 2.35. The summed E-state index contributed by atoms with van der Waals surface area (Å²) >= 11 is 0. The highest BCUT2D eigenvalue weighted by Gasteiger charge is 2.08. The van der Waals surface area contributed by atoms with Gasteiger partial charge in [-0.15, -0.1) is 0 Å². The molecule has 0 aliphatic heterocycles. The van der Waals surface area contributed by atoms with Crippen LogP contribution in [0.4, 0.5) is 5.82 Å². The van der Waals surface area contributed by atoms with Crippen LogP contribution in [0.15, 0.2) is 48.8 Å². The van der Waals surface area contributed by atoms with Gasteiger partial charge >= 0.3 is 5.97 Å². The van der Waals surface area contributed by atoms with Crippen molar-refractivity contribution in [1.29, 1.82) is 0 Å². The summed E-state index contributed by atoms with van der Waals surface area (Å²) < 4.78 is 0. The zero-order valence-electron chi connectivity index (χ0n) is 11.2. The van der Waals surface area contributed by atoms with Crippen LogP contribution in [-0.4, -0.2) is 21.0 Å². The Labute approximate surface area is 121 Å². The van der Waals surface area contributed by atoms with Gasteiger partial charge in [0, 0.05) is 12.5 Å². The van der Waals surface area contributed by atoms with Crippen molar-refractivity contribution in [3.63, 3.8) is 0 Å². The molecule has 5 heteroatoms. The molecular formula is C16H13N3O2. The van der Waals surface area contributed by atoms with Crippen LogP contribution in [0.5, 0.6) is 0 Å². The van der Waals surface area contributed by atoms with Gasteiger partial charge in [0.05, 0.1) is 11.3 Å². The molecule has 0 atom stereocenters. The highest BCUT2D eigenvalue weighted by atomic mass is 16.4. The van der Waals surface area contributed by atoms with Gasteiger partial charge in [-0.05, 0) is 22.4 Å². The lowest BCUT2D eigenvalue weighted by atomic mass is 10.00. The van der Waals surface area contributed by atoms with Crippen LogP contribution in [0.25, 0.3) is 10.8 Å². The zero-order chi connectivity index (χ0) is 14.8. The number of nitrogens with zero attached hydrogens (tertiary/aromatic N) is 2. The Morgan fingerprint density at radius 2 is 2.00 bits per heavy atom. The summed E-state index contributed by atoms with van der Waals surface area (Å²) in [6.07, 6.45) is 2.06. The van der Waals surface area contributed by atoms with E-state index < -0.39 is 5.97 Å². The Hall–Kier alpha value is -2.95. The van der Waals surface area contributed by atoms with E-state index in [4.69, 9.17) is 5.73 Å². The molecule has 2 aromatic carbocycles. The molecule has 104 valence electrons. The number of anilines is 1. The fraction of sp³-hybridized carbons (Fsp3) is 0.0625.